The molecule has 5 nitrogen and oxygen atoms in total. The second-order valence-electron chi connectivity index (χ2n) is 6.83. The van der Waals surface area contributed by atoms with Crippen LogP contribution in [-0.4, -0.2) is 36.5 Å². The van der Waals surface area contributed by atoms with Crippen LogP contribution in [0.4, 0.5) is 4.79 Å². The van der Waals surface area contributed by atoms with Gasteiger partial charge in [-0.2, -0.15) is 0 Å². The standard InChI is InChI=1S/C19H28N2O3/c22-17-13-14-7-4-5-10-16(14)18(17)21-19(23)20-11-6-12-24-15-8-2-1-3-9-15/h4-5,7,10,15,17-18,22H,1-3,6,8-9,11-13H2,(H2,20,21,23). The molecule has 2 aliphatic rings. The van der Waals surface area contributed by atoms with Gasteiger partial charge in [-0.25, -0.2) is 4.79 Å². The quantitative estimate of drug-likeness (QED) is 0.702. The molecule has 132 valence electrons. The van der Waals surface area contributed by atoms with Gasteiger partial charge in [-0.3, -0.25) is 0 Å². The molecule has 2 unspecified atom stereocenters. The fourth-order valence-corrected chi connectivity index (χ4v) is 3.70. The van der Waals surface area contributed by atoms with Gasteiger partial charge in [0.1, 0.15) is 0 Å². The molecule has 1 saturated carbocycles. The number of amides is 2. The van der Waals surface area contributed by atoms with Crippen molar-refractivity contribution in [2.45, 2.75) is 63.2 Å². The van der Waals surface area contributed by atoms with E-state index in [9.17, 15) is 9.90 Å². The lowest BCUT2D eigenvalue weighted by atomic mass is 9.98. The van der Waals surface area contributed by atoms with Gasteiger partial charge in [-0.05, 0) is 30.4 Å². The summed E-state index contributed by atoms with van der Waals surface area (Å²) in [5, 5.41) is 15.9. The number of rotatable bonds is 6. The van der Waals surface area contributed by atoms with Crippen LogP contribution in [0.5, 0.6) is 0 Å². The molecular formula is C19H28N2O3. The first kappa shape index (κ1) is 17.2. The number of aliphatic hydroxyl groups is 1. The van der Waals surface area contributed by atoms with Crippen LogP contribution in [0.25, 0.3) is 0 Å². The second kappa shape index (κ2) is 8.49. The van der Waals surface area contributed by atoms with Crippen molar-refractivity contribution in [1.82, 2.24) is 10.6 Å². The van der Waals surface area contributed by atoms with Crippen molar-refractivity contribution >= 4 is 6.03 Å². The summed E-state index contributed by atoms with van der Waals surface area (Å²) in [7, 11) is 0. The number of ether oxygens (including phenoxy) is 1. The van der Waals surface area contributed by atoms with Gasteiger partial charge in [0.15, 0.2) is 0 Å². The van der Waals surface area contributed by atoms with Gasteiger partial charge in [-0.1, -0.05) is 43.5 Å². The van der Waals surface area contributed by atoms with Gasteiger partial charge in [0, 0.05) is 19.6 Å². The Morgan fingerprint density at radius 1 is 1.21 bits per heavy atom. The molecule has 0 aromatic heterocycles. The van der Waals surface area contributed by atoms with E-state index in [1.807, 2.05) is 24.3 Å². The zero-order valence-corrected chi connectivity index (χ0v) is 14.2. The molecule has 0 radical (unpaired) electrons. The van der Waals surface area contributed by atoms with Gasteiger partial charge in [0.2, 0.25) is 0 Å². The fourth-order valence-electron chi connectivity index (χ4n) is 3.70. The Balaban J connectivity index is 1.34. The number of urea groups is 1. The first-order valence-electron chi connectivity index (χ1n) is 9.16. The summed E-state index contributed by atoms with van der Waals surface area (Å²) in [6.45, 7) is 1.28. The normalized spacial score (nSPS) is 23.7. The number of hydrogen-bond acceptors (Lipinski definition) is 3. The highest BCUT2D eigenvalue weighted by atomic mass is 16.5. The molecule has 1 aromatic carbocycles. The van der Waals surface area contributed by atoms with Crippen LogP contribution < -0.4 is 10.6 Å². The van der Waals surface area contributed by atoms with E-state index in [4.69, 9.17) is 4.74 Å². The highest BCUT2D eigenvalue weighted by molar-refractivity contribution is 5.74. The van der Waals surface area contributed by atoms with Gasteiger partial charge in [0.25, 0.3) is 0 Å². The van der Waals surface area contributed by atoms with Crippen LogP contribution in [-0.2, 0) is 11.2 Å². The Labute approximate surface area is 143 Å². The molecule has 0 bridgehead atoms. The van der Waals surface area contributed by atoms with Crippen LogP contribution in [0.3, 0.4) is 0 Å². The van der Waals surface area contributed by atoms with E-state index in [0.29, 0.717) is 25.7 Å². The number of fused-ring (bicyclic) bond motifs is 1. The average molecular weight is 332 g/mol. The molecule has 2 atom stereocenters. The molecule has 5 heteroatoms. The Kier molecular flexibility index (Phi) is 6.10. The number of hydrogen-bond donors (Lipinski definition) is 3. The van der Waals surface area contributed by atoms with Crippen molar-refractivity contribution in [2.24, 2.45) is 0 Å². The van der Waals surface area contributed by atoms with E-state index in [-0.39, 0.29) is 12.1 Å². The molecular weight excluding hydrogens is 304 g/mol. The number of carbonyl (C=O) groups excluding carboxylic acids is 1. The summed E-state index contributed by atoms with van der Waals surface area (Å²) in [5.74, 6) is 0. The monoisotopic (exact) mass is 332 g/mol. The van der Waals surface area contributed by atoms with Crippen molar-refractivity contribution < 1.29 is 14.6 Å². The van der Waals surface area contributed by atoms with Crippen LogP contribution in [0.15, 0.2) is 24.3 Å². The first-order chi connectivity index (χ1) is 11.7. The van der Waals surface area contributed by atoms with Gasteiger partial charge >= 0.3 is 6.03 Å². The number of carbonyl (C=O) groups is 1. The number of nitrogens with one attached hydrogen (secondary N) is 2. The van der Waals surface area contributed by atoms with Crippen LogP contribution in [0, 0.1) is 0 Å². The Morgan fingerprint density at radius 3 is 2.83 bits per heavy atom. The molecule has 3 rings (SSSR count). The molecule has 1 aromatic rings. The maximum absolute atomic E-state index is 12.0. The zero-order valence-electron chi connectivity index (χ0n) is 14.2. The van der Waals surface area contributed by atoms with Crippen LogP contribution >= 0.6 is 0 Å². The van der Waals surface area contributed by atoms with E-state index in [2.05, 4.69) is 10.6 Å². The Hall–Kier alpha value is -1.59. The average Bonchev–Trinajstić information content (AvgIpc) is 2.91. The maximum Gasteiger partial charge on any atom is 0.315 e. The maximum atomic E-state index is 12.0. The van der Waals surface area contributed by atoms with Crippen molar-refractivity contribution in [3.05, 3.63) is 35.4 Å². The molecule has 0 heterocycles. The topological polar surface area (TPSA) is 70.6 Å². The van der Waals surface area contributed by atoms with Gasteiger partial charge in [-0.15, -0.1) is 0 Å². The molecule has 1 fully saturated rings. The lowest BCUT2D eigenvalue weighted by Gasteiger charge is -2.22. The Morgan fingerprint density at radius 2 is 2.00 bits per heavy atom. The molecule has 0 aliphatic heterocycles. The summed E-state index contributed by atoms with van der Waals surface area (Å²) >= 11 is 0. The largest absolute Gasteiger partial charge is 0.390 e. The molecule has 0 saturated heterocycles. The fraction of sp³-hybridized carbons (Fsp3) is 0.632. The molecule has 3 N–H and O–H groups in total. The summed E-state index contributed by atoms with van der Waals surface area (Å²) in [6.07, 6.45) is 7.50. The van der Waals surface area contributed by atoms with Crippen LogP contribution in [0.1, 0.15) is 55.7 Å². The van der Waals surface area contributed by atoms with E-state index in [1.54, 1.807) is 0 Å². The van der Waals surface area contributed by atoms with E-state index in [0.717, 1.165) is 17.5 Å². The smallest absolute Gasteiger partial charge is 0.315 e. The van der Waals surface area contributed by atoms with E-state index >= 15 is 0 Å². The number of benzene rings is 1. The van der Waals surface area contributed by atoms with E-state index < -0.39 is 6.10 Å². The first-order valence-corrected chi connectivity index (χ1v) is 9.16. The van der Waals surface area contributed by atoms with Crippen molar-refractivity contribution in [3.63, 3.8) is 0 Å². The third-order valence-electron chi connectivity index (χ3n) is 5.00. The third kappa shape index (κ3) is 4.48. The van der Waals surface area contributed by atoms with E-state index in [1.165, 1.54) is 32.1 Å². The molecule has 2 aliphatic carbocycles. The summed E-state index contributed by atoms with van der Waals surface area (Å²) in [6, 6.07) is 7.31. The highest BCUT2D eigenvalue weighted by Crippen LogP contribution is 2.31. The van der Waals surface area contributed by atoms with Crippen molar-refractivity contribution in [2.75, 3.05) is 13.2 Å². The lowest BCUT2D eigenvalue weighted by molar-refractivity contribution is 0.0275. The van der Waals surface area contributed by atoms with Gasteiger partial charge in [0.05, 0.1) is 18.2 Å². The zero-order chi connectivity index (χ0) is 16.8. The highest BCUT2D eigenvalue weighted by Gasteiger charge is 2.31. The summed E-state index contributed by atoms with van der Waals surface area (Å²) < 4.78 is 5.85. The third-order valence-corrected chi connectivity index (χ3v) is 5.00. The SMILES string of the molecule is O=C(NCCCOC1CCCCC1)NC1c2ccccc2CC1O. The predicted octanol–water partition coefficient (Wildman–Crippen LogP) is 2.68. The minimum Gasteiger partial charge on any atom is -0.390 e. The molecule has 24 heavy (non-hydrogen) atoms. The second-order valence-corrected chi connectivity index (χ2v) is 6.83. The molecule has 0 spiro atoms. The minimum atomic E-state index is -0.553. The summed E-state index contributed by atoms with van der Waals surface area (Å²) in [4.78, 5) is 12.0. The van der Waals surface area contributed by atoms with Gasteiger partial charge < -0.3 is 20.5 Å². The van der Waals surface area contributed by atoms with Crippen molar-refractivity contribution in [3.8, 4) is 0 Å². The summed E-state index contributed by atoms with van der Waals surface area (Å²) in [5.41, 5.74) is 2.12. The number of aliphatic hydroxyl groups excluding tert-OH is 1. The Bertz CT molecular complexity index is 543. The molecule has 2 amide bonds. The van der Waals surface area contributed by atoms with Crippen LogP contribution in [0.2, 0.25) is 0 Å². The predicted molar refractivity (Wildman–Crippen MR) is 92.9 cm³/mol. The van der Waals surface area contributed by atoms with Crippen molar-refractivity contribution in [1.29, 1.82) is 0 Å². The lowest BCUT2D eigenvalue weighted by Crippen LogP contribution is -2.41. The minimum absolute atomic E-state index is 0.228.